The van der Waals surface area contributed by atoms with E-state index in [2.05, 4.69) is 26.6 Å². The highest BCUT2D eigenvalue weighted by atomic mass is 79.9. The summed E-state index contributed by atoms with van der Waals surface area (Å²) >= 11 is 5.00. The van der Waals surface area contributed by atoms with Crippen LogP contribution in [0.15, 0.2) is 28.1 Å². The second-order valence-corrected chi connectivity index (χ2v) is 7.14. The Bertz CT molecular complexity index is 671. The Kier molecular flexibility index (Phi) is 3.76. The molecule has 0 atom stereocenters. The molecule has 0 saturated carbocycles. The highest BCUT2D eigenvalue weighted by Gasteiger charge is 2.17. The maximum atomic E-state index is 14.0. The third kappa shape index (κ3) is 2.86. The number of halogens is 2. The van der Waals surface area contributed by atoms with Crippen molar-refractivity contribution >= 4 is 44.5 Å². The van der Waals surface area contributed by atoms with Crippen LogP contribution in [0.25, 0.3) is 0 Å². The van der Waals surface area contributed by atoms with Crippen molar-refractivity contribution < 1.29 is 9.18 Å². The monoisotopic (exact) mass is 354 g/mol. The second kappa shape index (κ2) is 5.54. The van der Waals surface area contributed by atoms with Gasteiger partial charge in [-0.3, -0.25) is 4.79 Å². The van der Waals surface area contributed by atoms with E-state index < -0.39 is 0 Å². The predicted octanol–water partition coefficient (Wildman–Crippen LogP) is 4.15. The molecular weight excluding hydrogens is 343 g/mol. The molecule has 6 heteroatoms. The smallest absolute Gasteiger partial charge is 0.224 e. The molecule has 20 heavy (non-hydrogen) atoms. The Morgan fingerprint density at radius 3 is 2.95 bits per heavy atom. The maximum Gasteiger partial charge on any atom is 0.224 e. The van der Waals surface area contributed by atoms with Crippen LogP contribution in [0, 0.1) is 5.82 Å². The molecule has 0 radical (unpaired) electrons. The van der Waals surface area contributed by atoms with Crippen LogP contribution in [-0.2, 0) is 17.8 Å². The highest BCUT2D eigenvalue weighted by molar-refractivity contribution is 9.11. The molecule has 2 heterocycles. The molecule has 1 amide bonds. The number of nitrogens with one attached hydrogen (secondary N) is 2. The fourth-order valence-corrected chi connectivity index (χ4v) is 3.59. The first-order valence-electron chi connectivity index (χ1n) is 6.22. The molecular formula is C14H12BrFN2OS. The van der Waals surface area contributed by atoms with Crippen LogP contribution in [0.4, 0.5) is 15.8 Å². The van der Waals surface area contributed by atoms with Crippen molar-refractivity contribution in [2.75, 3.05) is 10.6 Å². The summed E-state index contributed by atoms with van der Waals surface area (Å²) < 4.78 is 15.1. The summed E-state index contributed by atoms with van der Waals surface area (Å²) in [5.74, 6) is -0.298. The fraction of sp³-hybridized carbons (Fsp3) is 0.214. The lowest BCUT2D eigenvalue weighted by Gasteiger charge is -2.18. The number of rotatable bonds is 3. The van der Waals surface area contributed by atoms with Gasteiger partial charge in [-0.1, -0.05) is 0 Å². The number of thiophene rings is 1. The molecule has 1 aromatic carbocycles. The Hall–Kier alpha value is -1.40. The van der Waals surface area contributed by atoms with Crippen molar-refractivity contribution in [3.8, 4) is 0 Å². The van der Waals surface area contributed by atoms with Gasteiger partial charge in [-0.25, -0.2) is 4.39 Å². The van der Waals surface area contributed by atoms with Gasteiger partial charge in [-0.05, 0) is 52.2 Å². The normalized spacial score (nSPS) is 13.8. The number of carbonyl (C=O) groups is 1. The SMILES string of the molecule is O=C1CCc2cc(F)c(NCc3ccc(Br)s3)cc2N1. The standard InChI is InChI=1S/C14H12BrFN2OS/c15-13-3-2-9(20-13)7-17-12-6-11-8(5-10(12)16)1-4-14(19)18-11/h2-3,5-6,17H,1,4,7H2,(H,18,19). The van der Waals surface area contributed by atoms with Crippen LogP contribution in [0.1, 0.15) is 16.9 Å². The van der Waals surface area contributed by atoms with Crippen molar-refractivity contribution in [1.82, 2.24) is 0 Å². The van der Waals surface area contributed by atoms with Crippen LogP contribution in [0.3, 0.4) is 0 Å². The molecule has 3 rings (SSSR count). The molecule has 1 aliphatic rings. The third-order valence-electron chi connectivity index (χ3n) is 3.17. The Morgan fingerprint density at radius 2 is 2.20 bits per heavy atom. The molecule has 1 aromatic heterocycles. The molecule has 0 spiro atoms. The molecule has 104 valence electrons. The summed E-state index contributed by atoms with van der Waals surface area (Å²) in [4.78, 5) is 12.5. The predicted molar refractivity (Wildman–Crippen MR) is 82.7 cm³/mol. The van der Waals surface area contributed by atoms with Crippen LogP contribution in [-0.4, -0.2) is 5.91 Å². The molecule has 0 saturated heterocycles. The number of carbonyl (C=O) groups excluding carboxylic acids is 1. The minimum Gasteiger partial charge on any atom is -0.378 e. The van der Waals surface area contributed by atoms with Gasteiger partial charge in [0.15, 0.2) is 0 Å². The van der Waals surface area contributed by atoms with Crippen molar-refractivity contribution in [1.29, 1.82) is 0 Å². The van der Waals surface area contributed by atoms with Gasteiger partial charge in [-0.15, -0.1) is 11.3 Å². The summed E-state index contributed by atoms with van der Waals surface area (Å²) in [7, 11) is 0. The highest BCUT2D eigenvalue weighted by Crippen LogP contribution is 2.29. The van der Waals surface area contributed by atoms with Gasteiger partial charge in [0.2, 0.25) is 5.91 Å². The quantitative estimate of drug-likeness (QED) is 0.869. The number of anilines is 2. The largest absolute Gasteiger partial charge is 0.378 e. The summed E-state index contributed by atoms with van der Waals surface area (Å²) in [5, 5.41) is 5.85. The number of hydrogen-bond donors (Lipinski definition) is 2. The summed E-state index contributed by atoms with van der Waals surface area (Å²) in [6, 6.07) is 7.12. The summed E-state index contributed by atoms with van der Waals surface area (Å²) in [6.07, 6.45) is 1.01. The van der Waals surface area contributed by atoms with Crippen molar-refractivity contribution in [3.63, 3.8) is 0 Å². The number of benzene rings is 1. The maximum absolute atomic E-state index is 14.0. The number of aryl methyl sites for hydroxylation is 1. The van der Waals surface area contributed by atoms with Gasteiger partial charge in [0, 0.05) is 23.5 Å². The average Bonchev–Trinajstić information content (AvgIpc) is 2.83. The third-order valence-corrected chi connectivity index (χ3v) is 4.79. The topological polar surface area (TPSA) is 41.1 Å². The van der Waals surface area contributed by atoms with E-state index in [1.54, 1.807) is 17.4 Å². The molecule has 2 N–H and O–H groups in total. The minimum atomic E-state index is -0.282. The van der Waals surface area contributed by atoms with Gasteiger partial charge in [-0.2, -0.15) is 0 Å². The van der Waals surface area contributed by atoms with E-state index in [-0.39, 0.29) is 11.7 Å². The van der Waals surface area contributed by atoms with Gasteiger partial charge >= 0.3 is 0 Å². The second-order valence-electron chi connectivity index (χ2n) is 4.60. The van der Waals surface area contributed by atoms with Gasteiger partial charge in [0.1, 0.15) is 5.82 Å². The number of amides is 1. The molecule has 0 unspecified atom stereocenters. The summed E-state index contributed by atoms with van der Waals surface area (Å²) in [6.45, 7) is 0.555. The fourth-order valence-electron chi connectivity index (χ4n) is 2.16. The van der Waals surface area contributed by atoms with Crippen LogP contribution in [0.5, 0.6) is 0 Å². The Morgan fingerprint density at radius 1 is 1.35 bits per heavy atom. The molecule has 0 aliphatic carbocycles. The number of hydrogen-bond acceptors (Lipinski definition) is 3. The van der Waals surface area contributed by atoms with Crippen LogP contribution in [0.2, 0.25) is 0 Å². The van der Waals surface area contributed by atoms with E-state index in [1.807, 2.05) is 12.1 Å². The van der Waals surface area contributed by atoms with E-state index >= 15 is 0 Å². The molecule has 2 aromatic rings. The van der Waals surface area contributed by atoms with Gasteiger partial charge < -0.3 is 10.6 Å². The van der Waals surface area contributed by atoms with Crippen LogP contribution >= 0.6 is 27.3 Å². The van der Waals surface area contributed by atoms with Crippen molar-refractivity contribution in [2.45, 2.75) is 19.4 Å². The van der Waals surface area contributed by atoms with Gasteiger partial charge in [0.25, 0.3) is 0 Å². The van der Waals surface area contributed by atoms with E-state index in [0.717, 1.165) is 14.2 Å². The first kappa shape index (κ1) is 13.6. The van der Waals surface area contributed by atoms with Gasteiger partial charge in [0.05, 0.1) is 9.47 Å². The zero-order chi connectivity index (χ0) is 14.1. The van der Waals surface area contributed by atoms with E-state index in [0.29, 0.717) is 30.8 Å². The zero-order valence-electron chi connectivity index (χ0n) is 10.5. The van der Waals surface area contributed by atoms with E-state index in [4.69, 9.17) is 0 Å². The lowest BCUT2D eigenvalue weighted by molar-refractivity contribution is -0.116. The lowest BCUT2D eigenvalue weighted by atomic mass is 10.0. The molecule has 3 nitrogen and oxygen atoms in total. The molecule has 0 fully saturated rings. The van der Waals surface area contributed by atoms with Crippen molar-refractivity contribution in [3.05, 3.63) is 44.3 Å². The average molecular weight is 355 g/mol. The molecule has 0 bridgehead atoms. The Labute approximate surface area is 128 Å². The first-order chi connectivity index (χ1) is 9.61. The summed E-state index contributed by atoms with van der Waals surface area (Å²) in [5.41, 5.74) is 1.97. The molecule has 1 aliphatic heterocycles. The lowest BCUT2D eigenvalue weighted by Crippen LogP contribution is -2.19. The first-order valence-corrected chi connectivity index (χ1v) is 7.83. The minimum absolute atomic E-state index is 0.0164. The van der Waals surface area contributed by atoms with Crippen molar-refractivity contribution in [2.24, 2.45) is 0 Å². The Balaban J connectivity index is 1.79. The van der Waals surface area contributed by atoms with E-state index in [9.17, 15) is 9.18 Å². The van der Waals surface area contributed by atoms with E-state index in [1.165, 1.54) is 6.07 Å². The van der Waals surface area contributed by atoms with Crippen LogP contribution < -0.4 is 10.6 Å². The zero-order valence-corrected chi connectivity index (χ0v) is 12.9. The number of fused-ring (bicyclic) bond motifs is 1.